The molecule has 0 saturated carbocycles. The van der Waals surface area contributed by atoms with E-state index >= 15 is 0 Å². The SMILES string of the molecule is CCCCc1noc(CSc2nncn2-c2ccc(C)c(Cl)c2)n1. The van der Waals surface area contributed by atoms with Gasteiger partial charge in [0.15, 0.2) is 11.0 Å². The van der Waals surface area contributed by atoms with E-state index in [0.717, 1.165) is 46.5 Å². The van der Waals surface area contributed by atoms with Crippen molar-refractivity contribution in [2.45, 2.75) is 44.0 Å². The van der Waals surface area contributed by atoms with Crippen molar-refractivity contribution < 1.29 is 4.52 Å². The highest BCUT2D eigenvalue weighted by Gasteiger charge is 2.12. The van der Waals surface area contributed by atoms with E-state index in [9.17, 15) is 0 Å². The highest BCUT2D eigenvalue weighted by Crippen LogP contribution is 2.25. The van der Waals surface area contributed by atoms with Crippen LogP contribution in [0.5, 0.6) is 0 Å². The lowest BCUT2D eigenvalue weighted by molar-refractivity contribution is 0.384. The molecule has 0 aliphatic carbocycles. The number of nitrogens with zero attached hydrogens (tertiary/aromatic N) is 5. The van der Waals surface area contributed by atoms with Gasteiger partial charge in [0.2, 0.25) is 5.89 Å². The average Bonchev–Trinajstić information content (AvgIpc) is 3.22. The van der Waals surface area contributed by atoms with Crippen LogP contribution in [-0.2, 0) is 12.2 Å². The Balaban J connectivity index is 1.69. The van der Waals surface area contributed by atoms with E-state index in [1.54, 1.807) is 6.33 Å². The molecule has 0 N–H and O–H groups in total. The monoisotopic (exact) mass is 363 g/mol. The van der Waals surface area contributed by atoms with Crippen LogP contribution in [0.15, 0.2) is 34.2 Å². The number of hydrogen-bond acceptors (Lipinski definition) is 6. The summed E-state index contributed by atoms with van der Waals surface area (Å²) < 4.78 is 7.17. The van der Waals surface area contributed by atoms with Gasteiger partial charge in [-0.05, 0) is 31.0 Å². The molecule has 0 aliphatic rings. The van der Waals surface area contributed by atoms with Gasteiger partial charge in [-0.2, -0.15) is 4.98 Å². The highest BCUT2D eigenvalue weighted by atomic mass is 35.5. The van der Waals surface area contributed by atoms with Crippen LogP contribution in [0.3, 0.4) is 0 Å². The molecule has 0 spiro atoms. The van der Waals surface area contributed by atoms with Gasteiger partial charge in [-0.15, -0.1) is 10.2 Å². The Morgan fingerprint density at radius 2 is 2.21 bits per heavy atom. The molecule has 0 aliphatic heterocycles. The normalized spacial score (nSPS) is 11.1. The van der Waals surface area contributed by atoms with Crippen molar-refractivity contribution in [3.8, 4) is 5.69 Å². The van der Waals surface area contributed by atoms with Gasteiger partial charge in [0.1, 0.15) is 6.33 Å². The maximum absolute atomic E-state index is 6.21. The summed E-state index contributed by atoms with van der Waals surface area (Å²) in [5.41, 5.74) is 1.96. The second-order valence-corrected chi connectivity index (χ2v) is 6.76. The average molecular weight is 364 g/mol. The van der Waals surface area contributed by atoms with Crippen molar-refractivity contribution in [1.82, 2.24) is 24.9 Å². The van der Waals surface area contributed by atoms with Crippen LogP contribution in [0, 0.1) is 6.92 Å². The summed E-state index contributed by atoms with van der Waals surface area (Å²) in [4.78, 5) is 4.40. The summed E-state index contributed by atoms with van der Waals surface area (Å²) in [6.07, 6.45) is 4.70. The van der Waals surface area contributed by atoms with Crippen molar-refractivity contribution >= 4 is 23.4 Å². The Kier molecular flexibility index (Phi) is 5.52. The van der Waals surface area contributed by atoms with E-state index < -0.39 is 0 Å². The smallest absolute Gasteiger partial charge is 0.237 e. The van der Waals surface area contributed by atoms with Gasteiger partial charge < -0.3 is 4.52 Å². The van der Waals surface area contributed by atoms with Crippen LogP contribution in [0.2, 0.25) is 5.02 Å². The van der Waals surface area contributed by atoms with Crippen LogP contribution < -0.4 is 0 Å². The van der Waals surface area contributed by atoms with Gasteiger partial charge in [-0.25, -0.2) is 0 Å². The molecule has 2 aromatic heterocycles. The topological polar surface area (TPSA) is 69.6 Å². The molecular weight excluding hydrogens is 346 g/mol. The molecule has 24 heavy (non-hydrogen) atoms. The molecule has 6 nitrogen and oxygen atoms in total. The summed E-state index contributed by atoms with van der Waals surface area (Å²) in [5.74, 6) is 1.92. The number of unbranched alkanes of at least 4 members (excludes halogenated alkanes) is 1. The van der Waals surface area contributed by atoms with Gasteiger partial charge in [-0.1, -0.05) is 47.9 Å². The number of thioether (sulfide) groups is 1. The quantitative estimate of drug-likeness (QED) is 0.584. The predicted molar refractivity (Wildman–Crippen MR) is 93.6 cm³/mol. The fraction of sp³-hybridized carbons (Fsp3) is 0.375. The van der Waals surface area contributed by atoms with Crippen molar-refractivity contribution in [3.63, 3.8) is 0 Å². The molecular formula is C16H18ClN5OS. The van der Waals surface area contributed by atoms with Crippen LogP contribution in [0.4, 0.5) is 0 Å². The molecule has 126 valence electrons. The minimum atomic E-state index is 0.553. The van der Waals surface area contributed by atoms with Gasteiger partial charge in [0.05, 0.1) is 11.4 Å². The minimum Gasteiger partial charge on any atom is -0.338 e. The summed E-state index contributed by atoms with van der Waals surface area (Å²) in [5, 5.41) is 13.6. The largest absolute Gasteiger partial charge is 0.338 e. The molecule has 3 rings (SSSR count). The fourth-order valence-corrected chi connectivity index (χ4v) is 3.08. The molecule has 3 aromatic rings. The molecule has 0 saturated heterocycles. The second kappa shape index (κ2) is 7.81. The molecule has 0 unspecified atom stereocenters. The van der Waals surface area contributed by atoms with E-state index in [2.05, 4.69) is 27.3 Å². The number of hydrogen-bond donors (Lipinski definition) is 0. The Hall–Kier alpha value is -1.86. The first-order chi connectivity index (χ1) is 11.7. The predicted octanol–water partition coefficient (Wildman–Crippen LogP) is 4.25. The highest BCUT2D eigenvalue weighted by molar-refractivity contribution is 7.98. The number of rotatable bonds is 7. The summed E-state index contributed by atoms with van der Waals surface area (Å²) in [6, 6.07) is 5.87. The lowest BCUT2D eigenvalue weighted by Crippen LogP contribution is -1.96. The third kappa shape index (κ3) is 3.96. The van der Waals surface area contributed by atoms with Crippen LogP contribution in [0.1, 0.15) is 37.0 Å². The Morgan fingerprint density at radius 1 is 1.33 bits per heavy atom. The second-order valence-electron chi connectivity index (χ2n) is 5.41. The van der Waals surface area contributed by atoms with E-state index in [1.807, 2.05) is 29.7 Å². The van der Waals surface area contributed by atoms with E-state index in [4.69, 9.17) is 16.1 Å². The van der Waals surface area contributed by atoms with Crippen molar-refractivity contribution in [1.29, 1.82) is 0 Å². The number of benzene rings is 1. The van der Waals surface area contributed by atoms with Crippen molar-refractivity contribution in [2.24, 2.45) is 0 Å². The van der Waals surface area contributed by atoms with Gasteiger partial charge in [0, 0.05) is 11.4 Å². The van der Waals surface area contributed by atoms with Crippen LogP contribution >= 0.6 is 23.4 Å². The Bertz CT molecular complexity index is 816. The maximum Gasteiger partial charge on any atom is 0.237 e. The van der Waals surface area contributed by atoms with E-state index in [1.165, 1.54) is 11.8 Å². The zero-order chi connectivity index (χ0) is 16.9. The zero-order valence-electron chi connectivity index (χ0n) is 13.6. The third-order valence-corrected chi connectivity index (χ3v) is 4.87. The van der Waals surface area contributed by atoms with E-state index in [-0.39, 0.29) is 0 Å². The lowest BCUT2D eigenvalue weighted by atomic mass is 10.2. The molecule has 8 heteroatoms. The fourth-order valence-electron chi connectivity index (χ4n) is 2.14. The Morgan fingerprint density at radius 3 is 3.00 bits per heavy atom. The summed E-state index contributed by atoms with van der Waals surface area (Å²) >= 11 is 7.71. The molecule has 0 atom stereocenters. The summed E-state index contributed by atoms with van der Waals surface area (Å²) in [6.45, 7) is 4.11. The lowest BCUT2D eigenvalue weighted by Gasteiger charge is -2.07. The number of halogens is 1. The molecule has 0 fully saturated rings. The van der Waals surface area contributed by atoms with Gasteiger partial charge >= 0.3 is 0 Å². The van der Waals surface area contributed by atoms with Crippen LogP contribution in [0.25, 0.3) is 5.69 Å². The first kappa shape index (κ1) is 17.0. The van der Waals surface area contributed by atoms with E-state index in [0.29, 0.717) is 11.6 Å². The molecule has 1 aromatic carbocycles. The van der Waals surface area contributed by atoms with Crippen molar-refractivity contribution in [3.05, 3.63) is 46.8 Å². The molecule has 0 radical (unpaired) electrons. The number of aryl methyl sites for hydroxylation is 2. The van der Waals surface area contributed by atoms with Crippen LogP contribution in [-0.4, -0.2) is 24.9 Å². The maximum atomic E-state index is 6.21. The number of aromatic nitrogens is 5. The standard InChI is InChI=1S/C16H18ClN5OS/c1-3-4-5-14-19-15(23-21-14)9-24-16-20-18-10-22(16)12-7-6-11(2)13(17)8-12/h6-8,10H,3-5,9H2,1-2H3. The molecule has 0 bridgehead atoms. The summed E-state index contributed by atoms with van der Waals surface area (Å²) in [7, 11) is 0. The van der Waals surface area contributed by atoms with Gasteiger partial charge in [-0.3, -0.25) is 4.57 Å². The van der Waals surface area contributed by atoms with Crippen molar-refractivity contribution in [2.75, 3.05) is 0 Å². The minimum absolute atomic E-state index is 0.553. The first-order valence-electron chi connectivity index (χ1n) is 7.78. The third-order valence-electron chi connectivity index (χ3n) is 3.54. The Labute approximate surface area is 149 Å². The van der Waals surface area contributed by atoms with Gasteiger partial charge in [0.25, 0.3) is 0 Å². The zero-order valence-corrected chi connectivity index (χ0v) is 15.1. The molecule has 2 heterocycles. The first-order valence-corrected chi connectivity index (χ1v) is 9.14. The molecule has 0 amide bonds.